The summed E-state index contributed by atoms with van der Waals surface area (Å²) in [6.45, 7) is -0.0386. The Morgan fingerprint density at radius 3 is 2.54 bits per heavy atom. The molecule has 0 saturated heterocycles. The smallest absolute Gasteiger partial charge is 0.331 e. The van der Waals surface area contributed by atoms with Crippen LogP contribution in [0, 0.1) is 10.1 Å². The van der Waals surface area contributed by atoms with E-state index < -0.39 is 10.9 Å². The largest absolute Gasteiger partial charge is 0.497 e. The molecule has 0 N–H and O–H groups in total. The quantitative estimate of drug-likeness (QED) is 0.264. The van der Waals surface area contributed by atoms with Crippen LogP contribution in [-0.2, 0) is 16.1 Å². The fraction of sp³-hybridized carbons (Fsp3) is 0.100. The molecule has 0 fully saturated rings. The van der Waals surface area contributed by atoms with Crippen molar-refractivity contribution >= 4 is 17.7 Å². The van der Waals surface area contributed by atoms with Gasteiger partial charge in [-0.05, 0) is 48.0 Å². The zero-order chi connectivity index (χ0) is 19.9. The molecule has 0 spiro atoms. The molecule has 3 rings (SSSR count). The van der Waals surface area contributed by atoms with Gasteiger partial charge in [0.15, 0.2) is 5.76 Å². The number of carbonyl (C=O) groups excluding carboxylic acids is 1. The van der Waals surface area contributed by atoms with Crippen molar-refractivity contribution < 1.29 is 23.7 Å². The Hall–Kier alpha value is -3.94. The molecule has 1 heterocycles. The topological polar surface area (TPSA) is 105 Å². The second kappa shape index (κ2) is 8.63. The van der Waals surface area contributed by atoms with Crippen molar-refractivity contribution in [1.29, 1.82) is 0 Å². The Labute approximate surface area is 160 Å². The number of nitro groups is 1. The molecule has 1 aromatic heterocycles. The maximum Gasteiger partial charge on any atom is 0.331 e. The molecule has 0 bridgehead atoms. The Kier molecular flexibility index (Phi) is 5.81. The molecule has 2 aromatic carbocycles. The second-order valence-electron chi connectivity index (χ2n) is 5.70. The van der Waals surface area contributed by atoms with Crippen molar-refractivity contribution in [3.8, 4) is 17.1 Å². The molecule has 142 valence electrons. The minimum Gasteiger partial charge on any atom is -0.497 e. The van der Waals surface area contributed by atoms with E-state index in [-0.39, 0.29) is 12.3 Å². The van der Waals surface area contributed by atoms with Gasteiger partial charge in [0.2, 0.25) is 0 Å². The standard InChI is InChI=1S/C20H16N2O6/c1-26-18-9-5-15(6-10-18)19-12-16(21-28-19)13-27-20(23)11-4-14-2-7-17(8-3-14)22(24)25/h2-12H,13H2,1H3/b11-4-. The number of hydrogen-bond acceptors (Lipinski definition) is 7. The highest BCUT2D eigenvalue weighted by Gasteiger charge is 2.09. The monoisotopic (exact) mass is 380 g/mol. The predicted molar refractivity (Wildman–Crippen MR) is 100 cm³/mol. The number of hydrogen-bond donors (Lipinski definition) is 0. The molecule has 8 heteroatoms. The van der Waals surface area contributed by atoms with Crippen LogP contribution >= 0.6 is 0 Å². The van der Waals surface area contributed by atoms with Crippen LogP contribution in [0.3, 0.4) is 0 Å². The van der Waals surface area contributed by atoms with Gasteiger partial charge in [-0.2, -0.15) is 0 Å². The summed E-state index contributed by atoms with van der Waals surface area (Å²) in [4.78, 5) is 21.9. The Morgan fingerprint density at radius 1 is 1.18 bits per heavy atom. The number of methoxy groups -OCH3 is 1. The molecule has 3 aromatic rings. The third-order valence-electron chi connectivity index (χ3n) is 3.81. The number of benzene rings is 2. The van der Waals surface area contributed by atoms with Gasteiger partial charge >= 0.3 is 5.97 Å². The maximum absolute atomic E-state index is 11.8. The highest BCUT2D eigenvalue weighted by atomic mass is 16.6. The Morgan fingerprint density at radius 2 is 1.89 bits per heavy atom. The van der Waals surface area contributed by atoms with Crippen LogP contribution in [0.1, 0.15) is 11.3 Å². The van der Waals surface area contributed by atoms with Crippen molar-refractivity contribution in [2.75, 3.05) is 7.11 Å². The van der Waals surface area contributed by atoms with E-state index in [1.165, 1.54) is 24.3 Å². The van der Waals surface area contributed by atoms with E-state index in [0.717, 1.165) is 11.3 Å². The van der Waals surface area contributed by atoms with E-state index in [1.807, 2.05) is 12.1 Å². The first-order chi connectivity index (χ1) is 13.5. The van der Waals surface area contributed by atoms with Gasteiger partial charge in [-0.25, -0.2) is 4.79 Å². The van der Waals surface area contributed by atoms with Crippen molar-refractivity contribution in [3.05, 3.63) is 82.0 Å². The van der Waals surface area contributed by atoms with Gasteiger partial charge in [-0.3, -0.25) is 10.1 Å². The Bertz CT molecular complexity index is 990. The number of rotatable bonds is 7. The second-order valence-corrected chi connectivity index (χ2v) is 5.70. The highest BCUT2D eigenvalue weighted by molar-refractivity contribution is 5.87. The zero-order valence-electron chi connectivity index (χ0n) is 14.9. The summed E-state index contributed by atoms with van der Waals surface area (Å²) in [7, 11) is 1.59. The Balaban J connectivity index is 1.54. The number of nitro benzene ring substituents is 1. The molecule has 0 amide bonds. The van der Waals surface area contributed by atoms with E-state index in [2.05, 4.69) is 5.16 Å². The van der Waals surface area contributed by atoms with Gasteiger partial charge in [0.1, 0.15) is 18.1 Å². The van der Waals surface area contributed by atoms with Crippen molar-refractivity contribution in [1.82, 2.24) is 5.16 Å². The van der Waals surface area contributed by atoms with E-state index in [0.29, 0.717) is 17.0 Å². The number of esters is 1. The lowest BCUT2D eigenvalue weighted by atomic mass is 10.1. The van der Waals surface area contributed by atoms with Gasteiger partial charge in [0.25, 0.3) is 5.69 Å². The molecule has 28 heavy (non-hydrogen) atoms. The van der Waals surface area contributed by atoms with E-state index >= 15 is 0 Å². The predicted octanol–water partition coefficient (Wildman–Crippen LogP) is 4.02. The zero-order valence-corrected chi connectivity index (χ0v) is 14.9. The molecule has 0 aliphatic heterocycles. The van der Waals surface area contributed by atoms with Crippen LogP contribution in [0.25, 0.3) is 17.4 Å². The number of aromatic nitrogens is 1. The van der Waals surface area contributed by atoms with Gasteiger partial charge in [-0.15, -0.1) is 0 Å². The summed E-state index contributed by atoms with van der Waals surface area (Å²) in [6.07, 6.45) is 2.75. The number of carbonyl (C=O) groups is 1. The van der Waals surface area contributed by atoms with Crippen molar-refractivity contribution in [3.63, 3.8) is 0 Å². The minimum absolute atomic E-state index is 0.0153. The molecule has 8 nitrogen and oxygen atoms in total. The average molecular weight is 380 g/mol. The lowest BCUT2D eigenvalue weighted by molar-refractivity contribution is -0.384. The third-order valence-corrected chi connectivity index (χ3v) is 3.81. The van der Waals surface area contributed by atoms with Crippen molar-refractivity contribution in [2.45, 2.75) is 6.61 Å². The molecule has 0 atom stereocenters. The summed E-state index contributed by atoms with van der Waals surface area (Å²) < 4.78 is 15.5. The fourth-order valence-electron chi connectivity index (χ4n) is 2.34. The van der Waals surface area contributed by atoms with E-state index in [4.69, 9.17) is 14.0 Å². The first-order valence-electron chi connectivity index (χ1n) is 8.24. The van der Waals surface area contributed by atoms with E-state index in [9.17, 15) is 14.9 Å². The summed E-state index contributed by atoms with van der Waals surface area (Å²) in [5.41, 5.74) is 1.93. The van der Waals surface area contributed by atoms with Crippen LogP contribution in [0.2, 0.25) is 0 Å². The molecule has 0 unspecified atom stereocenters. The molecule has 0 aliphatic rings. The summed E-state index contributed by atoms with van der Waals surface area (Å²) in [5.74, 6) is 0.722. The lowest BCUT2D eigenvalue weighted by Crippen LogP contribution is -2.00. The van der Waals surface area contributed by atoms with Crippen LogP contribution < -0.4 is 4.74 Å². The van der Waals surface area contributed by atoms with Crippen LogP contribution in [0.4, 0.5) is 5.69 Å². The normalized spacial score (nSPS) is 10.8. The molecular formula is C20H16N2O6. The van der Waals surface area contributed by atoms with Gasteiger partial charge in [0.05, 0.1) is 12.0 Å². The SMILES string of the molecule is COc1ccc(-c2cc(COC(=O)/C=C\c3ccc([N+](=O)[O-])cc3)no2)cc1. The first-order valence-corrected chi connectivity index (χ1v) is 8.24. The van der Waals surface area contributed by atoms with E-state index in [1.54, 1.807) is 37.4 Å². The first kappa shape index (κ1) is 18.8. The van der Waals surface area contributed by atoms with Gasteiger partial charge < -0.3 is 14.0 Å². The summed E-state index contributed by atoms with van der Waals surface area (Å²) in [5, 5.41) is 14.5. The van der Waals surface area contributed by atoms with Gasteiger partial charge in [0, 0.05) is 29.8 Å². The highest BCUT2D eigenvalue weighted by Crippen LogP contribution is 2.23. The third kappa shape index (κ3) is 4.82. The van der Waals surface area contributed by atoms with Crippen molar-refractivity contribution in [2.24, 2.45) is 0 Å². The number of non-ortho nitro benzene ring substituents is 1. The average Bonchev–Trinajstić information content (AvgIpc) is 3.20. The van der Waals surface area contributed by atoms with Crippen LogP contribution in [-0.4, -0.2) is 23.2 Å². The van der Waals surface area contributed by atoms with Crippen LogP contribution in [0.5, 0.6) is 5.75 Å². The molecule has 0 saturated carbocycles. The number of ether oxygens (including phenoxy) is 2. The number of nitrogens with zero attached hydrogens (tertiary/aromatic N) is 2. The molecule has 0 aliphatic carbocycles. The molecular weight excluding hydrogens is 364 g/mol. The minimum atomic E-state index is -0.563. The summed E-state index contributed by atoms with van der Waals surface area (Å²) >= 11 is 0. The summed E-state index contributed by atoms with van der Waals surface area (Å²) in [6, 6.07) is 14.8. The van der Waals surface area contributed by atoms with Crippen LogP contribution in [0.15, 0.2) is 65.2 Å². The molecule has 0 radical (unpaired) electrons. The van der Waals surface area contributed by atoms with Gasteiger partial charge in [-0.1, -0.05) is 5.16 Å². The maximum atomic E-state index is 11.8. The fourth-order valence-corrected chi connectivity index (χ4v) is 2.34. The lowest BCUT2D eigenvalue weighted by Gasteiger charge is -1.99.